The Bertz CT molecular complexity index is 606. The van der Waals surface area contributed by atoms with E-state index in [1.165, 1.54) is 0 Å². The highest BCUT2D eigenvalue weighted by atomic mass is 19.4. The molecule has 0 aliphatic heterocycles. The molecule has 0 aromatic carbocycles. The Morgan fingerprint density at radius 3 is 2.60 bits per heavy atom. The van der Waals surface area contributed by atoms with Crippen LogP contribution in [0.2, 0.25) is 0 Å². The first-order valence-corrected chi connectivity index (χ1v) is 5.66. The SMILES string of the molecule is CN(Cc1cnn(C)c1)c1cc(C(F)(F)F)nc(N)n1. The number of halogens is 3. The van der Waals surface area contributed by atoms with Crippen molar-refractivity contribution in [1.82, 2.24) is 19.7 Å². The van der Waals surface area contributed by atoms with Crippen LogP contribution in [0.25, 0.3) is 0 Å². The molecule has 20 heavy (non-hydrogen) atoms. The van der Waals surface area contributed by atoms with Gasteiger partial charge >= 0.3 is 6.18 Å². The van der Waals surface area contributed by atoms with Crippen molar-refractivity contribution in [2.24, 2.45) is 7.05 Å². The number of alkyl halides is 3. The number of hydrogen-bond donors (Lipinski definition) is 1. The van der Waals surface area contributed by atoms with Gasteiger partial charge in [-0.3, -0.25) is 4.68 Å². The molecule has 0 unspecified atom stereocenters. The molecule has 108 valence electrons. The highest BCUT2D eigenvalue weighted by Crippen LogP contribution is 2.30. The molecular weight excluding hydrogens is 273 g/mol. The van der Waals surface area contributed by atoms with E-state index in [4.69, 9.17) is 5.73 Å². The van der Waals surface area contributed by atoms with Crippen LogP contribution in [-0.4, -0.2) is 26.8 Å². The normalized spacial score (nSPS) is 11.7. The average Bonchev–Trinajstić information content (AvgIpc) is 2.72. The molecule has 0 fully saturated rings. The fraction of sp³-hybridized carbons (Fsp3) is 0.364. The summed E-state index contributed by atoms with van der Waals surface area (Å²) < 4.78 is 39.6. The van der Waals surface area contributed by atoms with E-state index in [1.54, 1.807) is 36.1 Å². The molecule has 0 bridgehead atoms. The minimum atomic E-state index is -4.55. The van der Waals surface area contributed by atoms with Gasteiger partial charge in [0.15, 0.2) is 5.69 Å². The molecule has 6 nitrogen and oxygen atoms in total. The molecule has 2 aromatic heterocycles. The number of rotatable bonds is 3. The van der Waals surface area contributed by atoms with Gasteiger partial charge in [-0.15, -0.1) is 0 Å². The second-order valence-electron chi connectivity index (χ2n) is 4.35. The summed E-state index contributed by atoms with van der Waals surface area (Å²) in [5, 5.41) is 3.99. The molecule has 0 atom stereocenters. The van der Waals surface area contributed by atoms with Crippen molar-refractivity contribution in [3.05, 3.63) is 29.7 Å². The smallest absolute Gasteiger partial charge is 0.368 e. The Hall–Kier alpha value is -2.32. The van der Waals surface area contributed by atoms with Crippen molar-refractivity contribution < 1.29 is 13.2 Å². The van der Waals surface area contributed by atoms with Gasteiger partial charge in [-0.05, 0) is 0 Å². The van der Waals surface area contributed by atoms with Crippen molar-refractivity contribution in [3.8, 4) is 0 Å². The van der Waals surface area contributed by atoms with Gasteiger partial charge in [0.05, 0.1) is 6.20 Å². The van der Waals surface area contributed by atoms with Crippen LogP contribution in [0, 0.1) is 0 Å². The predicted molar refractivity (Wildman–Crippen MR) is 66.8 cm³/mol. The molecule has 0 saturated carbocycles. The lowest BCUT2D eigenvalue weighted by Gasteiger charge is -2.18. The number of nitrogens with two attached hydrogens (primary N) is 1. The van der Waals surface area contributed by atoms with Gasteiger partial charge in [0.25, 0.3) is 0 Å². The van der Waals surface area contributed by atoms with E-state index in [9.17, 15) is 13.2 Å². The van der Waals surface area contributed by atoms with Gasteiger partial charge in [-0.2, -0.15) is 23.3 Å². The first kappa shape index (κ1) is 14.1. The number of anilines is 2. The third kappa shape index (κ3) is 3.16. The highest BCUT2D eigenvalue weighted by molar-refractivity contribution is 5.43. The van der Waals surface area contributed by atoms with Gasteiger partial charge in [-0.25, -0.2) is 4.98 Å². The summed E-state index contributed by atoms with van der Waals surface area (Å²) in [6.07, 6.45) is -1.15. The first-order valence-electron chi connectivity index (χ1n) is 5.66. The molecule has 9 heteroatoms. The second kappa shape index (κ2) is 4.99. The van der Waals surface area contributed by atoms with Crippen molar-refractivity contribution >= 4 is 11.8 Å². The molecule has 0 aliphatic rings. The molecule has 0 radical (unpaired) electrons. The lowest BCUT2D eigenvalue weighted by atomic mass is 10.3. The fourth-order valence-corrected chi connectivity index (χ4v) is 1.70. The maximum atomic E-state index is 12.7. The zero-order valence-electron chi connectivity index (χ0n) is 10.9. The Morgan fingerprint density at radius 1 is 1.35 bits per heavy atom. The summed E-state index contributed by atoms with van der Waals surface area (Å²) in [5.74, 6) is -0.304. The lowest BCUT2D eigenvalue weighted by Crippen LogP contribution is -2.20. The van der Waals surface area contributed by atoms with Crippen LogP contribution in [-0.2, 0) is 19.8 Å². The zero-order chi connectivity index (χ0) is 14.9. The van der Waals surface area contributed by atoms with Crippen LogP contribution in [0.3, 0.4) is 0 Å². The fourth-order valence-electron chi connectivity index (χ4n) is 1.70. The minimum Gasteiger partial charge on any atom is -0.368 e. The molecular formula is C11H13F3N6. The van der Waals surface area contributed by atoms with E-state index in [-0.39, 0.29) is 5.82 Å². The number of aryl methyl sites for hydroxylation is 1. The van der Waals surface area contributed by atoms with Crippen LogP contribution in [0.1, 0.15) is 11.3 Å². The summed E-state index contributed by atoms with van der Waals surface area (Å²) in [7, 11) is 3.38. The number of nitrogen functional groups attached to an aromatic ring is 1. The molecule has 2 N–H and O–H groups in total. The summed E-state index contributed by atoms with van der Waals surface area (Å²) in [6.45, 7) is 0.363. The Kier molecular flexibility index (Phi) is 3.51. The van der Waals surface area contributed by atoms with Gasteiger partial charge in [0.1, 0.15) is 5.82 Å². The molecule has 0 amide bonds. The van der Waals surface area contributed by atoms with E-state index in [2.05, 4.69) is 15.1 Å². The summed E-state index contributed by atoms with van der Waals surface area (Å²) >= 11 is 0. The van der Waals surface area contributed by atoms with Crippen molar-refractivity contribution in [2.45, 2.75) is 12.7 Å². The van der Waals surface area contributed by atoms with Crippen LogP contribution < -0.4 is 10.6 Å². The van der Waals surface area contributed by atoms with Crippen molar-refractivity contribution in [2.75, 3.05) is 17.7 Å². The average molecular weight is 286 g/mol. The van der Waals surface area contributed by atoms with E-state index < -0.39 is 17.8 Å². The minimum absolute atomic E-state index is 0.105. The largest absolute Gasteiger partial charge is 0.433 e. The van der Waals surface area contributed by atoms with E-state index >= 15 is 0 Å². The Balaban J connectivity index is 2.25. The molecule has 0 aliphatic carbocycles. The zero-order valence-corrected chi connectivity index (χ0v) is 10.9. The monoisotopic (exact) mass is 286 g/mol. The summed E-state index contributed by atoms with van der Waals surface area (Å²) in [5.41, 5.74) is 5.12. The quantitative estimate of drug-likeness (QED) is 0.924. The second-order valence-corrected chi connectivity index (χ2v) is 4.35. The number of aromatic nitrogens is 4. The highest BCUT2D eigenvalue weighted by Gasteiger charge is 2.33. The Labute approximate surface area is 113 Å². The summed E-state index contributed by atoms with van der Waals surface area (Å²) in [6, 6.07) is 0.868. The maximum Gasteiger partial charge on any atom is 0.433 e. The molecule has 2 rings (SSSR count). The molecule has 2 aromatic rings. The van der Waals surface area contributed by atoms with Crippen LogP contribution >= 0.6 is 0 Å². The van der Waals surface area contributed by atoms with Crippen molar-refractivity contribution in [1.29, 1.82) is 0 Å². The third-order valence-corrected chi connectivity index (χ3v) is 2.59. The van der Waals surface area contributed by atoms with Crippen LogP contribution in [0.4, 0.5) is 24.9 Å². The van der Waals surface area contributed by atoms with Gasteiger partial charge in [-0.1, -0.05) is 0 Å². The predicted octanol–water partition coefficient (Wildman–Crippen LogP) is 1.45. The van der Waals surface area contributed by atoms with Gasteiger partial charge in [0, 0.05) is 38.5 Å². The first-order chi connectivity index (χ1) is 9.25. The molecule has 2 heterocycles. The van der Waals surface area contributed by atoms with Gasteiger partial charge < -0.3 is 10.6 Å². The summed E-state index contributed by atoms with van der Waals surface area (Å²) in [4.78, 5) is 8.56. The van der Waals surface area contributed by atoms with Crippen LogP contribution in [0.15, 0.2) is 18.5 Å². The lowest BCUT2D eigenvalue weighted by molar-refractivity contribution is -0.141. The molecule has 0 saturated heterocycles. The number of nitrogens with zero attached hydrogens (tertiary/aromatic N) is 5. The topological polar surface area (TPSA) is 72.9 Å². The van der Waals surface area contributed by atoms with E-state index in [0.717, 1.165) is 11.6 Å². The maximum absolute atomic E-state index is 12.7. The van der Waals surface area contributed by atoms with Crippen LogP contribution in [0.5, 0.6) is 0 Å². The standard InChI is InChI=1S/C11H13F3N6/c1-19(5-7-4-16-20(2)6-7)9-3-8(11(12,13)14)17-10(15)18-9/h3-4,6H,5H2,1-2H3,(H2,15,17,18). The van der Waals surface area contributed by atoms with Crippen molar-refractivity contribution in [3.63, 3.8) is 0 Å². The van der Waals surface area contributed by atoms with E-state index in [1.807, 2.05) is 0 Å². The molecule has 0 spiro atoms. The number of hydrogen-bond acceptors (Lipinski definition) is 5. The third-order valence-electron chi connectivity index (χ3n) is 2.59. The van der Waals surface area contributed by atoms with Gasteiger partial charge in [0.2, 0.25) is 5.95 Å². The van der Waals surface area contributed by atoms with E-state index in [0.29, 0.717) is 6.54 Å². The Morgan fingerprint density at radius 2 is 2.05 bits per heavy atom.